The Kier molecular flexibility index (Phi) is 4.15. The van der Waals surface area contributed by atoms with Crippen molar-refractivity contribution >= 4 is 17.6 Å². The summed E-state index contributed by atoms with van der Waals surface area (Å²) in [5.74, 6) is 0.184. The number of hydrogen-bond acceptors (Lipinski definition) is 2. The third-order valence-electron chi connectivity index (χ3n) is 2.01. The zero-order valence-electron chi connectivity index (χ0n) is 9.21. The van der Waals surface area contributed by atoms with Crippen molar-refractivity contribution in [2.75, 3.05) is 0 Å². The van der Waals surface area contributed by atoms with Gasteiger partial charge in [-0.1, -0.05) is 12.1 Å². The van der Waals surface area contributed by atoms with Crippen LogP contribution in [0.3, 0.4) is 0 Å². The molecule has 1 aromatic rings. The molecule has 2 nitrogen and oxygen atoms in total. The highest BCUT2D eigenvalue weighted by molar-refractivity contribution is 6.17. The molecule has 0 bridgehead atoms. The van der Waals surface area contributed by atoms with Gasteiger partial charge in [0, 0.05) is 5.88 Å². The minimum Gasteiger partial charge on any atom is -0.459 e. The Morgan fingerprint density at radius 1 is 1.47 bits per heavy atom. The summed E-state index contributed by atoms with van der Waals surface area (Å²) in [6, 6.07) is 5.51. The number of alkyl halides is 1. The van der Waals surface area contributed by atoms with Crippen LogP contribution in [-0.2, 0) is 10.6 Å². The van der Waals surface area contributed by atoms with Gasteiger partial charge in [-0.2, -0.15) is 0 Å². The Labute approximate surface area is 95.2 Å². The Morgan fingerprint density at radius 2 is 2.13 bits per heavy atom. The van der Waals surface area contributed by atoms with E-state index in [4.69, 9.17) is 16.3 Å². The van der Waals surface area contributed by atoms with Crippen LogP contribution in [-0.4, -0.2) is 12.1 Å². The van der Waals surface area contributed by atoms with Crippen molar-refractivity contribution < 1.29 is 9.53 Å². The summed E-state index contributed by atoms with van der Waals surface area (Å²) in [5, 5.41) is 0. The second kappa shape index (κ2) is 5.17. The number of halogens is 1. The molecule has 0 radical (unpaired) electrons. The van der Waals surface area contributed by atoms with Crippen LogP contribution in [0.1, 0.15) is 35.3 Å². The summed E-state index contributed by atoms with van der Waals surface area (Å²) < 4.78 is 5.12. The van der Waals surface area contributed by atoms with Crippen LogP contribution in [0, 0.1) is 6.92 Å². The smallest absolute Gasteiger partial charge is 0.338 e. The van der Waals surface area contributed by atoms with Gasteiger partial charge in [-0.05, 0) is 38.0 Å². The van der Waals surface area contributed by atoms with Gasteiger partial charge < -0.3 is 4.74 Å². The minimum atomic E-state index is -0.274. The highest BCUT2D eigenvalue weighted by Gasteiger charge is 2.11. The molecule has 0 aliphatic rings. The highest BCUT2D eigenvalue weighted by atomic mass is 35.5. The van der Waals surface area contributed by atoms with Crippen LogP contribution in [0.25, 0.3) is 0 Å². The predicted octanol–water partition coefficient (Wildman–Crippen LogP) is 3.30. The zero-order valence-corrected chi connectivity index (χ0v) is 9.97. The Morgan fingerprint density at radius 3 is 2.60 bits per heavy atom. The van der Waals surface area contributed by atoms with Crippen molar-refractivity contribution in [2.45, 2.75) is 32.8 Å². The molecule has 0 unspecified atom stereocenters. The van der Waals surface area contributed by atoms with Crippen molar-refractivity contribution in [1.29, 1.82) is 0 Å². The van der Waals surface area contributed by atoms with Gasteiger partial charge in [0.05, 0.1) is 11.7 Å². The van der Waals surface area contributed by atoms with Crippen molar-refractivity contribution in [2.24, 2.45) is 0 Å². The number of aryl methyl sites for hydroxylation is 1. The predicted molar refractivity (Wildman–Crippen MR) is 61.3 cm³/mol. The van der Waals surface area contributed by atoms with E-state index in [9.17, 15) is 4.79 Å². The summed E-state index contributed by atoms with van der Waals surface area (Å²) in [6.07, 6.45) is -0.0930. The van der Waals surface area contributed by atoms with E-state index in [2.05, 4.69) is 0 Å². The van der Waals surface area contributed by atoms with Crippen molar-refractivity contribution in [3.05, 3.63) is 34.9 Å². The summed E-state index contributed by atoms with van der Waals surface area (Å²) in [5.41, 5.74) is 2.52. The summed E-state index contributed by atoms with van der Waals surface area (Å²) in [6.45, 7) is 5.55. The molecule has 0 saturated heterocycles. The van der Waals surface area contributed by atoms with Gasteiger partial charge in [0.1, 0.15) is 0 Å². The van der Waals surface area contributed by atoms with Crippen molar-refractivity contribution in [1.82, 2.24) is 0 Å². The monoisotopic (exact) mass is 226 g/mol. The summed E-state index contributed by atoms with van der Waals surface area (Å²) >= 11 is 5.70. The molecule has 0 amide bonds. The number of hydrogen-bond donors (Lipinski definition) is 0. The molecule has 0 saturated carbocycles. The Bertz CT molecular complexity index is 359. The quantitative estimate of drug-likeness (QED) is 0.584. The van der Waals surface area contributed by atoms with Crippen LogP contribution < -0.4 is 0 Å². The standard InChI is InChI=1S/C12H15ClO2/c1-8(2)15-12(14)11-5-4-10(7-13)6-9(11)3/h4-6,8H,7H2,1-3H3. The number of esters is 1. The molecule has 1 rings (SSSR count). The van der Waals surface area contributed by atoms with E-state index in [0.717, 1.165) is 11.1 Å². The molecule has 0 aliphatic heterocycles. The average Bonchev–Trinajstić information content (AvgIpc) is 2.16. The van der Waals surface area contributed by atoms with Gasteiger partial charge >= 0.3 is 5.97 Å². The lowest BCUT2D eigenvalue weighted by Gasteiger charge is -2.10. The lowest BCUT2D eigenvalue weighted by molar-refractivity contribution is 0.0377. The number of ether oxygens (including phenoxy) is 1. The molecule has 0 spiro atoms. The first kappa shape index (κ1) is 12.1. The Balaban J connectivity index is 2.90. The van der Waals surface area contributed by atoms with Crippen molar-refractivity contribution in [3.63, 3.8) is 0 Å². The molecule has 0 aliphatic carbocycles. The number of benzene rings is 1. The second-order valence-electron chi connectivity index (χ2n) is 3.74. The zero-order chi connectivity index (χ0) is 11.4. The normalized spacial score (nSPS) is 10.5. The van der Waals surface area contributed by atoms with Gasteiger partial charge in [-0.15, -0.1) is 11.6 Å². The first-order valence-electron chi connectivity index (χ1n) is 4.91. The van der Waals surface area contributed by atoms with Gasteiger partial charge in [0.15, 0.2) is 0 Å². The van der Waals surface area contributed by atoms with Crippen LogP contribution in [0.2, 0.25) is 0 Å². The van der Waals surface area contributed by atoms with E-state index in [1.807, 2.05) is 32.9 Å². The van der Waals surface area contributed by atoms with E-state index in [-0.39, 0.29) is 12.1 Å². The van der Waals surface area contributed by atoms with Crippen LogP contribution in [0.4, 0.5) is 0 Å². The molecule has 0 atom stereocenters. The molecule has 0 N–H and O–H groups in total. The molecule has 0 heterocycles. The second-order valence-corrected chi connectivity index (χ2v) is 4.00. The fourth-order valence-electron chi connectivity index (χ4n) is 1.32. The fraction of sp³-hybridized carbons (Fsp3) is 0.417. The molecule has 0 fully saturated rings. The van der Waals surface area contributed by atoms with Gasteiger partial charge in [0.2, 0.25) is 0 Å². The van der Waals surface area contributed by atoms with E-state index in [0.29, 0.717) is 11.4 Å². The van der Waals surface area contributed by atoms with E-state index >= 15 is 0 Å². The molecule has 1 aromatic carbocycles. The lowest BCUT2D eigenvalue weighted by atomic mass is 10.1. The van der Waals surface area contributed by atoms with Gasteiger partial charge in [-0.25, -0.2) is 4.79 Å². The van der Waals surface area contributed by atoms with Gasteiger partial charge in [0.25, 0.3) is 0 Å². The van der Waals surface area contributed by atoms with Gasteiger partial charge in [-0.3, -0.25) is 0 Å². The number of rotatable bonds is 3. The first-order chi connectivity index (χ1) is 7.04. The molecular formula is C12H15ClO2. The molecule has 15 heavy (non-hydrogen) atoms. The third kappa shape index (κ3) is 3.24. The lowest BCUT2D eigenvalue weighted by Crippen LogP contribution is -2.12. The van der Waals surface area contributed by atoms with E-state index in [1.165, 1.54) is 0 Å². The Hall–Kier alpha value is -1.02. The van der Waals surface area contributed by atoms with E-state index < -0.39 is 0 Å². The maximum atomic E-state index is 11.6. The SMILES string of the molecule is Cc1cc(CCl)ccc1C(=O)OC(C)C. The summed E-state index contributed by atoms with van der Waals surface area (Å²) in [7, 11) is 0. The van der Waals surface area contributed by atoms with Crippen LogP contribution in [0.5, 0.6) is 0 Å². The van der Waals surface area contributed by atoms with Crippen molar-refractivity contribution in [3.8, 4) is 0 Å². The largest absolute Gasteiger partial charge is 0.459 e. The average molecular weight is 227 g/mol. The molecule has 3 heteroatoms. The third-order valence-corrected chi connectivity index (χ3v) is 2.32. The van der Waals surface area contributed by atoms with E-state index in [1.54, 1.807) is 6.07 Å². The number of carbonyl (C=O) groups is 1. The minimum absolute atomic E-state index is 0.0930. The highest BCUT2D eigenvalue weighted by Crippen LogP contribution is 2.14. The maximum Gasteiger partial charge on any atom is 0.338 e. The number of carbonyl (C=O) groups excluding carboxylic acids is 1. The molecular weight excluding hydrogens is 212 g/mol. The maximum absolute atomic E-state index is 11.6. The molecule has 82 valence electrons. The topological polar surface area (TPSA) is 26.3 Å². The fourth-order valence-corrected chi connectivity index (χ4v) is 1.48. The summed E-state index contributed by atoms with van der Waals surface area (Å²) in [4.78, 5) is 11.6. The van der Waals surface area contributed by atoms with Crippen LogP contribution in [0.15, 0.2) is 18.2 Å². The molecule has 0 aromatic heterocycles. The van der Waals surface area contributed by atoms with Crippen LogP contribution >= 0.6 is 11.6 Å². The first-order valence-corrected chi connectivity index (χ1v) is 5.44.